The molecule has 1 atom stereocenters. The number of aliphatic hydroxyl groups excluding tert-OH is 1. The minimum absolute atomic E-state index is 0.450. The number of hydrogen-bond donors (Lipinski definition) is 2. The van der Waals surface area contributed by atoms with E-state index in [9.17, 15) is 10.2 Å². The van der Waals surface area contributed by atoms with Gasteiger partial charge in [0.1, 0.15) is 0 Å². The second-order valence-corrected chi connectivity index (χ2v) is 4.28. The van der Waals surface area contributed by atoms with Gasteiger partial charge in [0.05, 0.1) is 11.7 Å². The Morgan fingerprint density at radius 2 is 2.00 bits per heavy atom. The highest BCUT2D eigenvalue weighted by Gasteiger charge is 2.40. The standard InChI is InChI=1S/C12H16O2/c1-9(13)11-5-3-2-4-10(11)8-12(14)6-7-12/h2-5,9,13-14H,6-8H2,1H3. The van der Waals surface area contributed by atoms with Gasteiger partial charge in [-0.1, -0.05) is 24.3 Å². The van der Waals surface area contributed by atoms with E-state index in [-0.39, 0.29) is 0 Å². The van der Waals surface area contributed by atoms with Crippen molar-refractivity contribution in [2.45, 2.75) is 37.9 Å². The third-order valence-electron chi connectivity index (χ3n) is 2.85. The molecule has 1 saturated carbocycles. The highest BCUT2D eigenvalue weighted by Crippen LogP contribution is 2.39. The lowest BCUT2D eigenvalue weighted by molar-refractivity contribution is 0.148. The Labute approximate surface area is 84.2 Å². The van der Waals surface area contributed by atoms with Crippen LogP contribution in [0.2, 0.25) is 0 Å². The summed E-state index contributed by atoms with van der Waals surface area (Å²) in [5, 5.41) is 19.3. The summed E-state index contributed by atoms with van der Waals surface area (Å²) < 4.78 is 0. The van der Waals surface area contributed by atoms with Gasteiger partial charge in [-0.2, -0.15) is 0 Å². The molecule has 2 N–H and O–H groups in total. The van der Waals surface area contributed by atoms with Crippen LogP contribution in [0.3, 0.4) is 0 Å². The summed E-state index contributed by atoms with van der Waals surface area (Å²) in [6, 6.07) is 7.78. The van der Waals surface area contributed by atoms with E-state index in [1.54, 1.807) is 6.92 Å². The number of benzene rings is 1. The zero-order valence-electron chi connectivity index (χ0n) is 8.40. The Hall–Kier alpha value is -0.860. The van der Waals surface area contributed by atoms with Gasteiger partial charge in [0, 0.05) is 6.42 Å². The predicted octanol–water partition coefficient (Wildman–Crippen LogP) is 1.81. The number of rotatable bonds is 3. The molecule has 2 nitrogen and oxygen atoms in total. The lowest BCUT2D eigenvalue weighted by Crippen LogP contribution is -2.13. The molecule has 1 fully saturated rings. The molecule has 1 aromatic carbocycles. The first-order valence-electron chi connectivity index (χ1n) is 5.09. The van der Waals surface area contributed by atoms with Crippen LogP contribution in [0.5, 0.6) is 0 Å². The fourth-order valence-corrected chi connectivity index (χ4v) is 1.78. The maximum absolute atomic E-state index is 9.81. The van der Waals surface area contributed by atoms with Gasteiger partial charge in [-0.3, -0.25) is 0 Å². The first kappa shape index (κ1) is 9.69. The van der Waals surface area contributed by atoms with E-state index in [2.05, 4.69) is 0 Å². The Balaban J connectivity index is 2.23. The molecular weight excluding hydrogens is 176 g/mol. The zero-order chi connectivity index (χ0) is 10.2. The fourth-order valence-electron chi connectivity index (χ4n) is 1.78. The maximum Gasteiger partial charge on any atom is 0.0764 e. The highest BCUT2D eigenvalue weighted by molar-refractivity contribution is 5.31. The normalized spacial score (nSPS) is 20.5. The van der Waals surface area contributed by atoms with Crippen LogP contribution in [0.25, 0.3) is 0 Å². The first-order chi connectivity index (χ1) is 6.61. The molecule has 14 heavy (non-hydrogen) atoms. The molecule has 0 amide bonds. The number of hydrogen-bond acceptors (Lipinski definition) is 2. The molecule has 2 heteroatoms. The van der Waals surface area contributed by atoms with E-state index >= 15 is 0 Å². The predicted molar refractivity (Wildman–Crippen MR) is 55.0 cm³/mol. The third kappa shape index (κ3) is 1.97. The van der Waals surface area contributed by atoms with E-state index in [4.69, 9.17) is 0 Å². The fraction of sp³-hybridized carbons (Fsp3) is 0.500. The van der Waals surface area contributed by atoms with Gasteiger partial charge < -0.3 is 10.2 Å². The molecule has 0 spiro atoms. The van der Waals surface area contributed by atoms with Gasteiger partial charge in [-0.05, 0) is 30.9 Å². The summed E-state index contributed by atoms with van der Waals surface area (Å²) in [5.74, 6) is 0. The van der Waals surface area contributed by atoms with Gasteiger partial charge in [0.2, 0.25) is 0 Å². The Morgan fingerprint density at radius 1 is 1.36 bits per heavy atom. The van der Waals surface area contributed by atoms with Crippen molar-refractivity contribution in [1.82, 2.24) is 0 Å². The van der Waals surface area contributed by atoms with Gasteiger partial charge in [0.15, 0.2) is 0 Å². The third-order valence-corrected chi connectivity index (χ3v) is 2.85. The Bertz CT molecular complexity index is 327. The van der Waals surface area contributed by atoms with Crippen LogP contribution in [0.4, 0.5) is 0 Å². The van der Waals surface area contributed by atoms with E-state index < -0.39 is 11.7 Å². The monoisotopic (exact) mass is 192 g/mol. The van der Waals surface area contributed by atoms with Crippen molar-refractivity contribution in [2.75, 3.05) is 0 Å². The summed E-state index contributed by atoms with van der Waals surface area (Å²) in [6.45, 7) is 1.76. The SMILES string of the molecule is CC(O)c1ccccc1CC1(O)CC1. The van der Waals surface area contributed by atoms with Crippen molar-refractivity contribution in [2.24, 2.45) is 0 Å². The molecule has 2 rings (SSSR count). The topological polar surface area (TPSA) is 40.5 Å². The minimum atomic E-state index is -0.481. The van der Waals surface area contributed by atoms with Crippen molar-refractivity contribution >= 4 is 0 Å². The van der Waals surface area contributed by atoms with Crippen molar-refractivity contribution in [3.05, 3.63) is 35.4 Å². The van der Waals surface area contributed by atoms with Crippen molar-refractivity contribution < 1.29 is 10.2 Å². The minimum Gasteiger partial charge on any atom is -0.390 e. The molecule has 1 aliphatic rings. The highest BCUT2D eigenvalue weighted by atomic mass is 16.3. The van der Waals surface area contributed by atoms with Crippen LogP contribution in [-0.4, -0.2) is 15.8 Å². The molecule has 76 valence electrons. The van der Waals surface area contributed by atoms with Crippen molar-refractivity contribution in [1.29, 1.82) is 0 Å². The van der Waals surface area contributed by atoms with Crippen LogP contribution in [-0.2, 0) is 6.42 Å². The summed E-state index contributed by atoms with van der Waals surface area (Å²) in [6.07, 6.45) is 2.00. The van der Waals surface area contributed by atoms with Crippen LogP contribution < -0.4 is 0 Å². The van der Waals surface area contributed by atoms with Crippen LogP contribution in [0.15, 0.2) is 24.3 Å². The molecule has 0 aromatic heterocycles. The molecule has 0 radical (unpaired) electrons. The summed E-state index contributed by atoms with van der Waals surface area (Å²) in [4.78, 5) is 0. The number of aliphatic hydroxyl groups is 2. The van der Waals surface area contributed by atoms with Crippen molar-refractivity contribution in [3.8, 4) is 0 Å². The first-order valence-corrected chi connectivity index (χ1v) is 5.09. The van der Waals surface area contributed by atoms with E-state index in [0.717, 1.165) is 24.0 Å². The molecular formula is C12H16O2. The van der Waals surface area contributed by atoms with Crippen molar-refractivity contribution in [3.63, 3.8) is 0 Å². The van der Waals surface area contributed by atoms with Gasteiger partial charge in [-0.25, -0.2) is 0 Å². The van der Waals surface area contributed by atoms with Crippen LogP contribution >= 0.6 is 0 Å². The zero-order valence-corrected chi connectivity index (χ0v) is 8.40. The summed E-state index contributed by atoms with van der Waals surface area (Å²) in [7, 11) is 0. The lowest BCUT2D eigenvalue weighted by Gasteiger charge is -2.14. The lowest BCUT2D eigenvalue weighted by atomic mass is 9.97. The van der Waals surface area contributed by atoms with Crippen LogP contribution in [0.1, 0.15) is 37.0 Å². The second kappa shape index (κ2) is 3.37. The van der Waals surface area contributed by atoms with Crippen LogP contribution in [0, 0.1) is 0 Å². The Morgan fingerprint density at radius 3 is 2.57 bits per heavy atom. The van der Waals surface area contributed by atoms with Gasteiger partial charge in [0.25, 0.3) is 0 Å². The van der Waals surface area contributed by atoms with Gasteiger partial charge in [-0.15, -0.1) is 0 Å². The van der Waals surface area contributed by atoms with E-state index in [1.807, 2.05) is 24.3 Å². The second-order valence-electron chi connectivity index (χ2n) is 4.28. The molecule has 1 aliphatic carbocycles. The maximum atomic E-state index is 9.81. The molecule has 0 saturated heterocycles. The molecule has 0 heterocycles. The molecule has 1 unspecified atom stereocenters. The van der Waals surface area contributed by atoms with E-state index in [1.165, 1.54) is 0 Å². The molecule has 0 aliphatic heterocycles. The molecule has 0 bridgehead atoms. The average molecular weight is 192 g/mol. The quantitative estimate of drug-likeness (QED) is 0.766. The molecule has 1 aromatic rings. The smallest absolute Gasteiger partial charge is 0.0764 e. The van der Waals surface area contributed by atoms with E-state index in [0.29, 0.717) is 6.42 Å². The summed E-state index contributed by atoms with van der Waals surface area (Å²) in [5.41, 5.74) is 1.53. The average Bonchev–Trinajstić information content (AvgIpc) is 2.84. The summed E-state index contributed by atoms with van der Waals surface area (Å²) >= 11 is 0. The Kier molecular flexibility index (Phi) is 2.33. The van der Waals surface area contributed by atoms with Gasteiger partial charge >= 0.3 is 0 Å². The largest absolute Gasteiger partial charge is 0.390 e.